The highest BCUT2D eigenvalue weighted by Gasteiger charge is 2.11. The Morgan fingerprint density at radius 2 is 1.79 bits per heavy atom. The number of rotatable bonds is 4. The highest BCUT2D eigenvalue weighted by atomic mass is 16.4. The average Bonchev–Trinajstić information content (AvgIpc) is 2.77. The zero-order valence-electron chi connectivity index (χ0n) is 12.4. The lowest BCUT2D eigenvalue weighted by atomic mass is 9.96. The lowest BCUT2D eigenvalue weighted by molar-refractivity contribution is 0.432. The molecule has 0 fully saturated rings. The van der Waals surface area contributed by atoms with Gasteiger partial charge in [0.05, 0.1) is 12.7 Å². The Kier molecular flexibility index (Phi) is 4.05. The van der Waals surface area contributed by atoms with Gasteiger partial charge in [0.25, 0.3) is 0 Å². The topological polar surface area (TPSA) is 38.1 Å². The van der Waals surface area contributed by atoms with Gasteiger partial charge in [-0.2, -0.15) is 0 Å². The third kappa shape index (κ3) is 3.24. The quantitative estimate of drug-likeness (QED) is 0.907. The van der Waals surface area contributed by atoms with E-state index in [0.717, 1.165) is 11.7 Å². The first-order chi connectivity index (χ1) is 8.97. The molecule has 0 aliphatic carbocycles. The second-order valence-electron chi connectivity index (χ2n) is 5.26. The number of hydrogen-bond donors (Lipinski definition) is 1. The first-order valence-corrected chi connectivity index (χ1v) is 6.70. The van der Waals surface area contributed by atoms with Gasteiger partial charge in [-0.05, 0) is 56.9 Å². The number of nitrogens with zero attached hydrogens (tertiary/aromatic N) is 1. The van der Waals surface area contributed by atoms with E-state index in [1.54, 1.807) is 6.20 Å². The summed E-state index contributed by atoms with van der Waals surface area (Å²) in [6.07, 6.45) is 1.75. The molecule has 1 heterocycles. The number of oxazole rings is 1. The molecule has 1 aromatic carbocycles. The minimum absolute atomic E-state index is 0.284. The van der Waals surface area contributed by atoms with E-state index in [-0.39, 0.29) is 6.04 Å². The van der Waals surface area contributed by atoms with Gasteiger partial charge in [0.2, 0.25) is 5.89 Å². The summed E-state index contributed by atoms with van der Waals surface area (Å²) >= 11 is 0. The van der Waals surface area contributed by atoms with E-state index >= 15 is 0 Å². The fourth-order valence-corrected chi connectivity index (χ4v) is 2.28. The van der Waals surface area contributed by atoms with Crippen molar-refractivity contribution in [2.75, 3.05) is 0 Å². The summed E-state index contributed by atoms with van der Waals surface area (Å²) in [5, 5.41) is 3.46. The van der Waals surface area contributed by atoms with Crippen molar-refractivity contribution in [2.45, 2.75) is 47.2 Å². The molecule has 19 heavy (non-hydrogen) atoms. The fraction of sp³-hybridized carbons (Fsp3) is 0.438. The van der Waals surface area contributed by atoms with Crippen LogP contribution in [0.15, 0.2) is 22.7 Å². The summed E-state index contributed by atoms with van der Waals surface area (Å²) in [4.78, 5) is 4.21. The maximum atomic E-state index is 5.47. The Morgan fingerprint density at radius 3 is 2.42 bits per heavy atom. The van der Waals surface area contributed by atoms with Crippen molar-refractivity contribution in [3.8, 4) is 0 Å². The fourth-order valence-electron chi connectivity index (χ4n) is 2.28. The molecule has 0 bridgehead atoms. The van der Waals surface area contributed by atoms with Gasteiger partial charge in [0, 0.05) is 6.04 Å². The van der Waals surface area contributed by atoms with Crippen molar-refractivity contribution in [3.63, 3.8) is 0 Å². The number of benzene rings is 1. The predicted octanol–water partition coefficient (Wildman–Crippen LogP) is 3.76. The van der Waals surface area contributed by atoms with Crippen LogP contribution in [0.5, 0.6) is 0 Å². The molecule has 3 nitrogen and oxygen atoms in total. The second-order valence-corrected chi connectivity index (χ2v) is 5.26. The molecule has 0 radical (unpaired) electrons. The largest absolute Gasteiger partial charge is 0.445 e. The molecule has 0 aliphatic rings. The Balaban J connectivity index is 2.07. The minimum atomic E-state index is 0.284. The molecule has 1 N–H and O–H groups in total. The van der Waals surface area contributed by atoms with E-state index in [9.17, 15) is 0 Å². The minimum Gasteiger partial charge on any atom is -0.445 e. The molecule has 0 spiro atoms. The smallest absolute Gasteiger partial charge is 0.208 e. The first-order valence-electron chi connectivity index (χ1n) is 6.70. The highest BCUT2D eigenvalue weighted by molar-refractivity contribution is 5.38. The van der Waals surface area contributed by atoms with Crippen LogP contribution >= 0.6 is 0 Å². The van der Waals surface area contributed by atoms with Gasteiger partial charge in [0.1, 0.15) is 5.76 Å². The van der Waals surface area contributed by atoms with E-state index in [1.807, 2.05) is 6.92 Å². The molecule has 0 saturated heterocycles. The van der Waals surface area contributed by atoms with Crippen molar-refractivity contribution < 1.29 is 4.42 Å². The lowest BCUT2D eigenvalue weighted by Crippen LogP contribution is -2.19. The van der Waals surface area contributed by atoms with Crippen LogP contribution in [0.25, 0.3) is 0 Å². The Labute approximate surface area is 115 Å². The third-order valence-corrected chi connectivity index (χ3v) is 3.58. The summed E-state index contributed by atoms with van der Waals surface area (Å²) < 4.78 is 5.47. The second kappa shape index (κ2) is 5.57. The van der Waals surface area contributed by atoms with Crippen molar-refractivity contribution >= 4 is 0 Å². The first kappa shape index (κ1) is 13.8. The van der Waals surface area contributed by atoms with Crippen LogP contribution in [-0.4, -0.2) is 4.98 Å². The molecular formula is C16H22N2O. The molecule has 0 aliphatic heterocycles. The molecular weight excluding hydrogens is 236 g/mol. The molecule has 1 aromatic heterocycles. The lowest BCUT2D eigenvalue weighted by Gasteiger charge is -2.17. The standard InChI is InChI=1S/C16H22N2O/c1-10-6-12(3)15(7-11(10)2)14(5)17-9-16-18-8-13(4)19-16/h6-8,14,17H,9H2,1-5H3. The van der Waals surface area contributed by atoms with Gasteiger partial charge in [-0.25, -0.2) is 4.98 Å². The molecule has 0 amide bonds. The van der Waals surface area contributed by atoms with Crippen LogP contribution in [0.2, 0.25) is 0 Å². The van der Waals surface area contributed by atoms with E-state index in [4.69, 9.17) is 4.42 Å². The SMILES string of the molecule is Cc1cnc(CNC(C)c2cc(C)c(C)cc2C)o1. The zero-order chi connectivity index (χ0) is 14.0. The van der Waals surface area contributed by atoms with E-state index < -0.39 is 0 Å². The Bertz CT molecular complexity index is 572. The van der Waals surface area contributed by atoms with E-state index in [1.165, 1.54) is 22.3 Å². The van der Waals surface area contributed by atoms with Crippen LogP contribution in [0, 0.1) is 27.7 Å². The van der Waals surface area contributed by atoms with Crippen molar-refractivity contribution in [3.05, 3.63) is 52.2 Å². The Morgan fingerprint density at radius 1 is 1.11 bits per heavy atom. The summed E-state index contributed by atoms with van der Waals surface area (Å²) in [6.45, 7) is 11.2. The van der Waals surface area contributed by atoms with Gasteiger partial charge < -0.3 is 9.73 Å². The normalized spacial score (nSPS) is 12.7. The van der Waals surface area contributed by atoms with Crippen LogP contribution in [-0.2, 0) is 6.54 Å². The molecule has 1 atom stereocenters. The van der Waals surface area contributed by atoms with Crippen LogP contribution < -0.4 is 5.32 Å². The molecule has 2 aromatic rings. The zero-order valence-corrected chi connectivity index (χ0v) is 12.4. The molecule has 3 heteroatoms. The van der Waals surface area contributed by atoms with Crippen LogP contribution in [0.3, 0.4) is 0 Å². The monoisotopic (exact) mass is 258 g/mol. The van der Waals surface area contributed by atoms with Crippen LogP contribution in [0.1, 0.15) is 46.9 Å². The third-order valence-electron chi connectivity index (χ3n) is 3.58. The van der Waals surface area contributed by atoms with E-state index in [2.05, 4.69) is 50.1 Å². The summed E-state index contributed by atoms with van der Waals surface area (Å²) in [6, 6.07) is 4.80. The summed E-state index contributed by atoms with van der Waals surface area (Å²) in [5.41, 5.74) is 5.34. The summed E-state index contributed by atoms with van der Waals surface area (Å²) in [7, 11) is 0. The molecule has 102 valence electrons. The van der Waals surface area contributed by atoms with Crippen LogP contribution in [0.4, 0.5) is 0 Å². The number of nitrogens with one attached hydrogen (secondary N) is 1. The maximum absolute atomic E-state index is 5.47. The highest BCUT2D eigenvalue weighted by Crippen LogP contribution is 2.21. The molecule has 0 saturated carbocycles. The van der Waals surface area contributed by atoms with Crippen molar-refractivity contribution in [2.24, 2.45) is 0 Å². The van der Waals surface area contributed by atoms with Crippen molar-refractivity contribution in [1.82, 2.24) is 10.3 Å². The molecule has 2 rings (SSSR count). The Hall–Kier alpha value is -1.61. The predicted molar refractivity (Wildman–Crippen MR) is 77.1 cm³/mol. The van der Waals surface area contributed by atoms with Gasteiger partial charge in [0.15, 0.2) is 0 Å². The average molecular weight is 258 g/mol. The molecule has 1 unspecified atom stereocenters. The summed E-state index contributed by atoms with van der Waals surface area (Å²) in [5.74, 6) is 1.60. The van der Waals surface area contributed by atoms with Gasteiger partial charge in [-0.3, -0.25) is 0 Å². The number of aryl methyl sites for hydroxylation is 4. The maximum Gasteiger partial charge on any atom is 0.208 e. The van der Waals surface area contributed by atoms with Gasteiger partial charge in [-0.15, -0.1) is 0 Å². The van der Waals surface area contributed by atoms with Gasteiger partial charge in [-0.1, -0.05) is 12.1 Å². The van der Waals surface area contributed by atoms with Gasteiger partial charge >= 0.3 is 0 Å². The number of hydrogen-bond acceptors (Lipinski definition) is 3. The van der Waals surface area contributed by atoms with Crippen molar-refractivity contribution in [1.29, 1.82) is 0 Å². The van der Waals surface area contributed by atoms with E-state index in [0.29, 0.717) is 6.54 Å². The number of aromatic nitrogens is 1.